The van der Waals surface area contributed by atoms with Gasteiger partial charge in [0.05, 0.1) is 6.04 Å². The molecule has 0 aromatic carbocycles. The molecule has 2 N–H and O–H groups in total. The van der Waals surface area contributed by atoms with E-state index in [0.717, 1.165) is 45.6 Å². The average Bonchev–Trinajstić information content (AvgIpc) is 2.90. The summed E-state index contributed by atoms with van der Waals surface area (Å²) in [4.78, 5) is 16.7. The van der Waals surface area contributed by atoms with Crippen LogP contribution in [0.1, 0.15) is 40.5 Å². The monoisotopic (exact) mass is 269 g/mol. The van der Waals surface area contributed by atoms with Gasteiger partial charge in [-0.05, 0) is 31.3 Å². The Balaban J connectivity index is 2.45. The average molecular weight is 269 g/mol. The largest absolute Gasteiger partial charge is 0.341 e. The maximum Gasteiger partial charge on any atom is 0.239 e. The zero-order valence-electron chi connectivity index (χ0n) is 13.1. The highest BCUT2D eigenvalue weighted by atomic mass is 16.2. The molecular weight excluding hydrogens is 238 g/mol. The van der Waals surface area contributed by atoms with Crippen molar-refractivity contribution in [3.8, 4) is 0 Å². The molecule has 3 unspecified atom stereocenters. The molecule has 1 rings (SSSR count). The molecule has 1 aliphatic heterocycles. The van der Waals surface area contributed by atoms with Crippen molar-refractivity contribution in [2.45, 2.75) is 46.6 Å². The number of rotatable bonds is 7. The first-order valence-electron chi connectivity index (χ1n) is 7.80. The molecule has 112 valence electrons. The SMILES string of the molecule is CCC(C)C(N)C(=O)N1CCC(CN(CC)CC)C1. The van der Waals surface area contributed by atoms with Crippen LogP contribution in [-0.2, 0) is 4.79 Å². The molecule has 0 aromatic rings. The Bertz CT molecular complexity index is 279. The zero-order chi connectivity index (χ0) is 14.4. The Hall–Kier alpha value is -0.610. The summed E-state index contributed by atoms with van der Waals surface area (Å²) in [7, 11) is 0. The van der Waals surface area contributed by atoms with Gasteiger partial charge in [0.25, 0.3) is 0 Å². The van der Waals surface area contributed by atoms with Gasteiger partial charge in [-0.2, -0.15) is 0 Å². The molecule has 4 heteroatoms. The second-order valence-electron chi connectivity index (χ2n) is 5.84. The zero-order valence-corrected chi connectivity index (χ0v) is 13.1. The van der Waals surface area contributed by atoms with E-state index in [0.29, 0.717) is 5.92 Å². The molecule has 0 aliphatic carbocycles. The van der Waals surface area contributed by atoms with Gasteiger partial charge in [-0.25, -0.2) is 0 Å². The highest BCUT2D eigenvalue weighted by molar-refractivity contribution is 5.82. The van der Waals surface area contributed by atoms with Crippen molar-refractivity contribution in [1.29, 1.82) is 0 Å². The van der Waals surface area contributed by atoms with E-state index >= 15 is 0 Å². The predicted octanol–water partition coefficient (Wildman–Crippen LogP) is 1.55. The minimum Gasteiger partial charge on any atom is -0.341 e. The Kier molecular flexibility index (Phi) is 6.80. The van der Waals surface area contributed by atoms with Gasteiger partial charge in [0, 0.05) is 19.6 Å². The third-order valence-electron chi connectivity index (χ3n) is 4.55. The number of amides is 1. The van der Waals surface area contributed by atoms with Gasteiger partial charge in [-0.3, -0.25) is 4.79 Å². The summed E-state index contributed by atoms with van der Waals surface area (Å²) in [5.41, 5.74) is 6.05. The van der Waals surface area contributed by atoms with Crippen LogP contribution in [0, 0.1) is 11.8 Å². The van der Waals surface area contributed by atoms with Crippen molar-refractivity contribution >= 4 is 5.91 Å². The molecule has 0 bridgehead atoms. The molecular formula is C15H31N3O. The standard InChI is InChI=1S/C15H31N3O/c1-5-12(4)14(16)15(19)18-9-8-13(11-18)10-17(6-2)7-3/h12-14H,5-11,16H2,1-4H3. The van der Waals surface area contributed by atoms with E-state index in [1.54, 1.807) is 0 Å². The number of nitrogens with zero attached hydrogens (tertiary/aromatic N) is 2. The summed E-state index contributed by atoms with van der Waals surface area (Å²) < 4.78 is 0. The summed E-state index contributed by atoms with van der Waals surface area (Å²) in [6.07, 6.45) is 2.08. The lowest BCUT2D eigenvalue weighted by molar-refractivity contribution is -0.132. The topological polar surface area (TPSA) is 49.6 Å². The summed E-state index contributed by atoms with van der Waals surface area (Å²) in [5, 5.41) is 0. The molecule has 1 fully saturated rings. The van der Waals surface area contributed by atoms with Crippen LogP contribution in [0.15, 0.2) is 0 Å². The van der Waals surface area contributed by atoms with Crippen LogP contribution in [-0.4, -0.2) is 54.5 Å². The van der Waals surface area contributed by atoms with Gasteiger partial charge in [0.1, 0.15) is 0 Å². The van der Waals surface area contributed by atoms with E-state index < -0.39 is 0 Å². The molecule has 1 heterocycles. The maximum absolute atomic E-state index is 12.3. The summed E-state index contributed by atoms with van der Waals surface area (Å²) in [5.74, 6) is 1.04. The van der Waals surface area contributed by atoms with Gasteiger partial charge in [-0.15, -0.1) is 0 Å². The van der Waals surface area contributed by atoms with Crippen LogP contribution in [0.3, 0.4) is 0 Å². The number of carbonyl (C=O) groups excluding carboxylic acids is 1. The van der Waals surface area contributed by atoms with E-state index in [1.807, 2.05) is 4.90 Å². The van der Waals surface area contributed by atoms with Crippen LogP contribution >= 0.6 is 0 Å². The predicted molar refractivity (Wildman–Crippen MR) is 79.9 cm³/mol. The summed E-state index contributed by atoms with van der Waals surface area (Å²) >= 11 is 0. The Labute approximate surface area is 118 Å². The molecule has 1 aliphatic rings. The first-order valence-corrected chi connectivity index (χ1v) is 7.80. The number of hydrogen-bond donors (Lipinski definition) is 1. The summed E-state index contributed by atoms with van der Waals surface area (Å²) in [6, 6.07) is -0.322. The molecule has 0 radical (unpaired) electrons. The van der Waals surface area contributed by atoms with Crippen LogP contribution in [0.25, 0.3) is 0 Å². The highest BCUT2D eigenvalue weighted by Gasteiger charge is 2.31. The van der Waals surface area contributed by atoms with Crippen molar-refractivity contribution in [1.82, 2.24) is 9.80 Å². The first-order chi connectivity index (χ1) is 9.03. The van der Waals surface area contributed by atoms with Crippen molar-refractivity contribution in [2.75, 3.05) is 32.7 Å². The highest BCUT2D eigenvalue weighted by Crippen LogP contribution is 2.19. The van der Waals surface area contributed by atoms with Crippen molar-refractivity contribution in [3.63, 3.8) is 0 Å². The quantitative estimate of drug-likeness (QED) is 0.763. The van der Waals surface area contributed by atoms with E-state index in [9.17, 15) is 4.79 Å². The van der Waals surface area contributed by atoms with Gasteiger partial charge in [-0.1, -0.05) is 34.1 Å². The third-order valence-corrected chi connectivity index (χ3v) is 4.55. The normalized spacial score (nSPS) is 22.8. The third kappa shape index (κ3) is 4.46. The molecule has 0 spiro atoms. The lowest BCUT2D eigenvalue weighted by Crippen LogP contribution is -2.46. The number of hydrogen-bond acceptors (Lipinski definition) is 3. The Morgan fingerprint density at radius 3 is 2.53 bits per heavy atom. The lowest BCUT2D eigenvalue weighted by Gasteiger charge is -2.25. The van der Waals surface area contributed by atoms with Crippen molar-refractivity contribution < 1.29 is 4.79 Å². The van der Waals surface area contributed by atoms with Crippen LogP contribution in [0.5, 0.6) is 0 Å². The van der Waals surface area contributed by atoms with E-state index in [4.69, 9.17) is 5.73 Å². The Morgan fingerprint density at radius 2 is 2.00 bits per heavy atom. The number of carbonyl (C=O) groups is 1. The fraction of sp³-hybridized carbons (Fsp3) is 0.933. The van der Waals surface area contributed by atoms with Gasteiger partial charge >= 0.3 is 0 Å². The molecule has 3 atom stereocenters. The number of nitrogens with two attached hydrogens (primary N) is 1. The first kappa shape index (κ1) is 16.4. The van der Waals surface area contributed by atoms with Crippen LogP contribution in [0.2, 0.25) is 0 Å². The van der Waals surface area contributed by atoms with Crippen LogP contribution in [0.4, 0.5) is 0 Å². The van der Waals surface area contributed by atoms with Gasteiger partial charge in [0.2, 0.25) is 5.91 Å². The second-order valence-corrected chi connectivity index (χ2v) is 5.84. The van der Waals surface area contributed by atoms with E-state index in [2.05, 4.69) is 32.6 Å². The number of likely N-dealkylation sites (tertiary alicyclic amines) is 1. The second kappa shape index (κ2) is 7.85. The molecule has 19 heavy (non-hydrogen) atoms. The smallest absolute Gasteiger partial charge is 0.239 e. The fourth-order valence-electron chi connectivity index (χ4n) is 2.74. The van der Waals surface area contributed by atoms with Crippen LogP contribution < -0.4 is 5.73 Å². The van der Waals surface area contributed by atoms with Crippen molar-refractivity contribution in [2.24, 2.45) is 17.6 Å². The summed E-state index contributed by atoms with van der Waals surface area (Å²) in [6.45, 7) is 13.6. The lowest BCUT2D eigenvalue weighted by atomic mass is 9.99. The minimum atomic E-state index is -0.322. The molecule has 1 amide bonds. The van der Waals surface area contributed by atoms with Gasteiger partial charge < -0.3 is 15.5 Å². The molecule has 0 aromatic heterocycles. The molecule has 1 saturated heterocycles. The maximum atomic E-state index is 12.3. The molecule has 4 nitrogen and oxygen atoms in total. The minimum absolute atomic E-state index is 0.149. The van der Waals surface area contributed by atoms with Crippen molar-refractivity contribution in [3.05, 3.63) is 0 Å². The van der Waals surface area contributed by atoms with Gasteiger partial charge in [0.15, 0.2) is 0 Å². The van der Waals surface area contributed by atoms with E-state index in [1.165, 1.54) is 0 Å². The fourth-order valence-corrected chi connectivity index (χ4v) is 2.74. The van der Waals surface area contributed by atoms with E-state index in [-0.39, 0.29) is 17.9 Å². The Morgan fingerprint density at radius 1 is 1.37 bits per heavy atom. The molecule has 0 saturated carbocycles.